The number of nitrogens with one attached hydrogen (secondary N) is 3. The summed E-state index contributed by atoms with van der Waals surface area (Å²) in [6.45, 7) is 13.8. The first-order chi connectivity index (χ1) is 23.4. The van der Waals surface area contributed by atoms with Crippen molar-refractivity contribution < 1.29 is 19.1 Å². The molecule has 2 fully saturated rings. The normalized spacial score (nSPS) is 21.5. The van der Waals surface area contributed by atoms with Gasteiger partial charge in [-0.3, -0.25) is 9.59 Å². The highest BCUT2D eigenvalue weighted by molar-refractivity contribution is 5.86. The zero-order valence-corrected chi connectivity index (χ0v) is 30.3. The van der Waals surface area contributed by atoms with E-state index in [9.17, 15) is 14.4 Å². The zero-order valence-electron chi connectivity index (χ0n) is 30.3. The molecule has 2 aliphatic rings. The highest BCUT2D eigenvalue weighted by atomic mass is 16.5. The fraction of sp³-hybridized carbons (Fsp3) is 0.605. The minimum Gasteiger partial charge on any atom is -0.453 e. The second-order valence-corrected chi connectivity index (χ2v) is 15.1. The van der Waals surface area contributed by atoms with Gasteiger partial charge in [0.1, 0.15) is 17.7 Å². The molecule has 266 valence electrons. The first kappa shape index (κ1) is 36.1. The van der Waals surface area contributed by atoms with Crippen molar-refractivity contribution in [3.05, 3.63) is 70.8 Å². The van der Waals surface area contributed by atoms with Crippen LogP contribution in [0.15, 0.2) is 36.7 Å². The van der Waals surface area contributed by atoms with Gasteiger partial charge in [-0.1, -0.05) is 65.8 Å². The van der Waals surface area contributed by atoms with Crippen LogP contribution < -0.4 is 5.32 Å². The fourth-order valence-electron chi connectivity index (χ4n) is 7.25. The third-order valence-corrected chi connectivity index (χ3v) is 9.91. The van der Waals surface area contributed by atoms with E-state index >= 15 is 0 Å². The lowest BCUT2D eigenvalue weighted by molar-refractivity contribution is -0.135. The summed E-state index contributed by atoms with van der Waals surface area (Å²) in [5.74, 6) is 2.89. The van der Waals surface area contributed by atoms with Gasteiger partial charge in [0.2, 0.25) is 11.8 Å². The number of methoxy groups -OCH3 is 1. The van der Waals surface area contributed by atoms with Crippen molar-refractivity contribution in [1.29, 1.82) is 0 Å². The lowest BCUT2D eigenvalue weighted by Crippen LogP contribution is -2.51. The Balaban J connectivity index is 1.13. The smallest absolute Gasteiger partial charge is 0.407 e. The van der Waals surface area contributed by atoms with E-state index in [2.05, 4.69) is 67.2 Å². The van der Waals surface area contributed by atoms with Crippen LogP contribution in [0.2, 0.25) is 0 Å². The van der Waals surface area contributed by atoms with Crippen LogP contribution in [0.1, 0.15) is 107 Å². The Morgan fingerprint density at radius 1 is 0.816 bits per heavy atom. The van der Waals surface area contributed by atoms with Crippen molar-refractivity contribution in [2.45, 2.75) is 105 Å². The van der Waals surface area contributed by atoms with Crippen molar-refractivity contribution in [3.8, 4) is 0 Å². The first-order valence-corrected chi connectivity index (χ1v) is 18.0. The number of amides is 3. The molecule has 3 aromatic rings. The van der Waals surface area contributed by atoms with E-state index in [0.717, 1.165) is 68.1 Å². The van der Waals surface area contributed by atoms with E-state index in [0.29, 0.717) is 30.7 Å². The minimum absolute atomic E-state index is 0.0379. The number of aryl methyl sites for hydroxylation is 4. The van der Waals surface area contributed by atoms with E-state index in [1.54, 1.807) is 0 Å². The predicted molar refractivity (Wildman–Crippen MR) is 189 cm³/mol. The summed E-state index contributed by atoms with van der Waals surface area (Å²) in [5, 5.41) is 2.72. The van der Waals surface area contributed by atoms with Gasteiger partial charge in [0.05, 0.1) is 19.2 Å². The summed E-state index contributed by atoms with van der Waals surface area (Å²) in [5.41, 5.74) is 4.66. The number of carbonyl (C=O) groups excluding carboxylic acids is 3. The van der Waals surface area contributed by atoms with E-state index in [-0.39, 0.29) is 29.8 Å². The summed E-state index contributed by atoms with van der Waals surface area (Å²) in [7, 11) is 1.30. The number of carbonyl (C=O) groups is 3. The molecule has 2 aromatic heterocycles. The Morgan fingerprint density at radius 2 is 1.31 bits per heavy atom. The van der Waals surface area contributed by atoms with Gasteiger partial charge < -0.3 is 29.8 Å². The van der Waals surface area contributed by atoms with E-state index in [4.69, 9.17) is 14.7 Å². The number of nitrogens with zero attached hydrogens (tertiary/aromatic N) is 4. The van der Waals surface area contributed by atoms with Crippen LogP contribution >= 0.6 is 0 Å². The number of imidazole rings is 2. The average Bonchev–Trinajstić information content (AvgIpc) is 3.87. The number of ether oxygens (including phenoxy) is 1. The van der Waals surface area contributed by atoms with Crippen LogP contribution in [-0.2, 0) is 40.0 Å². The van der Waals surface area contributed by atoms with Gasteiger partial charge in [-0.2, -0.15) is 0 Å². The molecule has 2 aliphatic heterocycles. The summed E-state index contributed by atoms with van der Waals surface area (Å²) in [6, 6.07) is 8.02. The Kier molecular flexibility index (Phi) is 11.8. The largest absolute Gasteiger partial charge is 0.453 e. The molecule has 0 radical (unpaired) electrons. The summed E-state index contributed by atoms with van der Waals surface area (Å²) >= 11 is 0. The van der Waals surface area contributed by atoms with Gasteiger partial charge in [-0.15, -0.1) is 0 Å². The molecular weight excluding hydrogens is 618 g/mol. The molecule has 0 spiro atoms. The Morgan fingerprint density at radius 3 is 1.78 bits per heavy atom. The van der Waals surface area contributed by atoms with Crippen molar-refractivity contribution in [2.24, 2.45) is 23.7 Å². The molecular formula is C38H55N7O4. The molecule has 0 saturated carbocycles. The van der Waals surface area contributed by atoms with Crippen molar-refractivity contribution in [2.75, 3.05) is 20.2 Å². The Labute approximate surface area is 291 Å². The van der Waals surface area contributed by atoms with Gasteiger partial charge in [0.25, 0.3) is 0 Å². The first-order valence-electron chi connectivity index (χ1n) is 18.0. The summed E-state index contributed by atoms with van der Waals surface area (Å²) in [4.78, 5) is 58.7. The molecule has 11 nitrogen and oxygen atoms in total. The fourth-order valence-corrected chi connectivity index (χ4v) is 7.25. The molecule has 2 saturated heterocycles. The number of aromatic nitrogens is 4. The average molecular weight is 674 g/mol. The number of likely N-dealkylation sites (tertiary alicyclic amines) is 2. The molecule has 49 heavy (non-hydrogen) atoms. The lowest BCUT2D eigenvalue weighted by Gasteiger charge is -2.30. The number of H-pyrrole nitrogens is 2. The van der Waals surface area contributed by atoms with Crippen molar-refractivity contribution in [1.82, 2.24) is 35.1 Å². The number of hydrogen-bond acceptors (Lipinski definition) is 6. The van der Waals surface area contributed by atoms with E-state index in [1.165, 1.54) is 18.2 Å². The Bertz CT molecular complexity index is 1560. The minimum atomic E-state index is -0.659. The number of hydrogen-bond donors (Lipinski definition) is 3. The topological polar surface area (TPSA) is 136 Å². The molecule has 0 bridgehead atoms. The van der Waals surface area contributed by atoms with Gasteiger partial charge in [-0.05, 0) is 73.3 Å². The van der Waals surface area contributed by atoms with Gasteiger partial charge in [0, 0.05) is 43.3 Å². The van der Waals surface area contributed by atoms with Gasteiger partial charge in [0.15, 0.2) is 0 Å². The highest BCUT2D eigenvalue weighted by Gasteiger charge is 2.40. The van der Waals surface area contributed by atoms with Crippen LogP contribution in [0, 0.1) is 23.7 Å². The van der Waals surface area contributed by atoms with Crippen LogP contribution in [0.4, 0.5) is 4.79 Å². The van der Waals surface area contributed by atoms with Gasteiger partial charge >= 0.3 is 6.09 Å². The third kappa shape index (κ3) is 9.10. The second kappa shape index (κ2) is 16.0. The van der Waals surface area contributed by atoms with Crippen LogP contribution in [0.5, 0.6) is 0 Å². The molecule has 11 heteroatoms. The maximum absolute atomic E-state index is 13.6. The molecule has 3 N–H and O–H groups in total. The van der Waals surface area contributed by atoms with E-state index in [1.807, 2.05) is 36.0 Å². The number of rotatable bonds is 13. The van der Waals surface area contributed by atoms with Gasteiger partial charge in [-0.25, -0.2) is 14.8 Å². The maximum Gasteiger partial charge on any atom is 0.407 e. The monoisotopic (exact) mass is 673 g/mol. The molecule has 4 heterocycles. The lowest BCUT2D eigenvalue weighted by atomic mass is 10.0. The predicted octanol–water partition coefficient (Wildman–Crippen LogP) is 5.95. The SMILES string of the molecule is COC(=O)NC(C(=O)N1CC(C)CC1c1ncc(CCc2ccc(CCc3cnc(C4CC(C)CN4C(=O)CC(C)C)[nH]3)cc2)[nH]1)C(C)C. The molecule has 5 unspecified atom stereocenters. The van der Waals surface area contributed by atoms with Crippen LogP contribution in [0.25, 0.3) is 0 Å². The highest BCUT2D eigenvalue weighted by Crippen LogP contribution is 2.36. The Hall–Kier alpha value is -4.15. The second-order valence-electron chi connectivity index (χ2n) is 15.1. The van der Waals surface area contributed by atoms with Crippen molar-refractivity contribution in [3.63, 3.8) is 0 Å². The quantitative estimate of drug-likeness (QED) is 0.205. The number of aromatic amines is 2. The number of alkyl carbamates (subject to hydrolysis) is 1. The van der Waals surface area contributed by atoms with Crippen molar-refractivity contribution >= 4 is 17.9 Å². The number of benzene rings is 1. The molecule has 5 atom stereocenters. The summed E-state index contributed by atoms with van der Waals surface area (Å²) < 4.78 is 4.76. The van der Waals surface area contributed by atoms with Crippen LogP contribution in [0.3, 0.4) is 0 Å². The third-order valence-electron chi connectivity index (χ3n) is 9.91. The zero-order chi connectivity index (χ0) is 35.2. The maximum atomic E-state index is 13.6. The van der Waals surface area contributed by atoms with E-state index < -0.39 is 12.1 Å². The summed E-state index contributed by atoms with van der Waals surface area (Å²) in [6.07, 6.45) is 9.01. The standard InChI is InChI=1S/C38H55N7O4/c1-23(2)16-33(46)44-21-25(5)17-31(44)35-39-19-29(41-35)14-12-27-8-10-28(11-9-27)13-15-30-20-40-36(42-30)32-18-26(6)22-45(32)37(47)34(24(3)4)43-38(48)49-7/h8-11,19-20,23-26,31-32,34H,12-18,21-22H2,1-7H3,(H,39,41)(H,40,42)(H,43,48). The molecule has 0 aliphatic carbocycles. The molecule has 3 amide bonds. The van der Waals surface area contributed by atoms with Crippen LogP contribution in [-0.4, -0.2) is 73.9 Å². The molecule has 5 rings (SSSR count). The molecule has 1 aromatic carbocycles.